The number of rotatable bonds is 4. The van der Waals surface area contributed by atoms with E-state index < -0.39 is 0 Å². The zero-order valence-electron chi connectivity index (χ0n) is 10.7. The largest absolute Gasteiger partial charge is 0.358 e. The van der Waals surface area contributed by atoms with E-state index in [2.05, 4.69) is 37.1 Å². The van der Waals surface area contributed by atoms with E-state index in [1.807, 2.05) is 6.07 Å². The first-order valence-electron chi connectivity index (χ1n) is 6.12. The van der Waals surface area contributed by atoms with Crippen LogP contribution in [0.2, 0.25) is 5.02 Å². The molecule has 2 nitrogen and oxygen atoms in total. The molecule has 2 aromatic rings. The summed E-state index contributed by atoms with van der Waals surface area (Å²) < 4.78 is 0. The van der Waals surface area contributed by atoms with Crippen molar-refractivity contribution in [2.75, 3.05) is 13.1 Å². The minimum atomic E-state index is 0.831. The highest BCUT2D eigenvalue weighted by atomic mass is 35.5. The Kier molecular flexibility index (Phi) is 3.75. The van der Waals surface area contributed by atoms with Gasteiger partial charge in [0.15, 0.2) is 0 Å². The smallest absolute Gasteiger partial charge is 0.0503 e. The van der Waals surface area contributed by atoms with Crippen LogP contribution in [0.1, 0.15) is 23.7 Å². The maximum atomic E-state index is 6.14. The van der Waals surface area contributed by atoms with E-state index in [1.165, 1.54) is 22.2 Å². The Morgan fingerprint density at radius 1 is 1.29 bits per heavy atom. The average Bonchev–Trinajstić information content (AvgIpc) is 2.62. The Bertz CT molecular complexity index is 528. The predicted octanol–water partition coefficient (Wildman–Crippen LogP) is 3.59. The molecule has 0 spiro atoms. The summed E-state index contributed by atoms with van der Waals surface area (Å²) >= 11 is 6.14. The van der Waals surface area contributed by atoms with E-state index in [1.54, 1.807) is 0 Å². The van der Waals surface area contributed by atoms with E-state index in [0.717, 1.165) is 30.1 Å². The van der Waals surface area contributed by atoms with Crippen LogP contribution in [0.15, 0.2) is 12.1 Å². The van der Waals surface area contributed by atoms with Gasteiger partial charge in [-0.15, -0.1) is 0 Å². The van der Waals surface area contributed by atoms with Gasteiger partial charge in [-0.1, -0.05) is 24.6 Å². The van der Waals surface area contributed by atoms with Crippen molar-refractivity contribution >= 4 is 22.5 Å². The number of hydrogen-bond donors (Lipinski definition) is 2. The predicted molar refractivity (Wildman–Crippen MR) is 75.0 cm³/mol. The molecule has 1 aromatic heterocycles. The number of H-pyrrole nitrogens is 1. The van der Waals surface area contributed by atoms with Crippen molar-refractivity contribution in [2.24, 2.45) is 0 Å². The van der Waals surface area contributed by atoms with Gasteiger partial charge in [-0.25, -0.2) is 0 Å². The summed E-state index contributed by atoms with van der Waals surface area (Å²) in [6.45, 7) is 8.37. The van der Waals surface area contributed by atoms with Crippen molar-refractivity contribution in [1.82, 2.24) is 10.3 Å². The molecule has 0 saturated carbocycles. The van der Waals surface area contributed by atoms with Crippen LogP contribution in [-0.4, -0.2) is 18.1 Å². The third kappa shape index (κ3) is 2.33. The van der Waals surface area contributed by atoms with Gasteiger partial charge in [-0.05, 0) is 50.6 Å². The van der Waals surface area contributed by atoms with Crippen molar-refractivity contribution in [3.05, 3.63) is 34.0 Å². The van der Waals surface area contributed by atoms with Gasteiger partial charge < -0.3 is 10.3 Å². The Labute approximate surface area is 107 Å². The number of fused-ring (bicyclic) bond motifs is 1. The van der Waals surface area contributed by atoms with Gasteiger partial charge in [0.1, 0.15) is 0 Å². The molecule has 0 atom stereocenters. The number of aryl methyl sites for hydroxylation is 2. The number of nitrogens with one attached hydrogen (secondary N) is 2. The molecule has 0 amide bonds. The maximum Gasteiger partial charge on any atom is 0.0503 e. The topological polar surface area (TPSA) is 27.8 Å². The molecule has 17 heavy (non-hydrogen) atoms. The number of hydrogen-bond acceptors (Lipinski definition) is 1. The molecule has 0 aliphatic rings. The SMILES string of the molecule is CCNCCc1c(C)[nH]c2c(C)c(Cl)ccc12. The summed E-state index contributed by atoms with van der Waals surface area (Å²) in [7, 11) is 0. The highest BCUT2D eigenvalue weighted by molar-refractivity contribution is 6.32. The first-order chi connectivity index (χ1) is 8.15. The molecular formula is C14H19ClN2. The van der Waals surface area contributed by atoms with Crippen LogP contribution in [-0.2, 0) is 6.42 Å². The third-order valence-corrected chi connectivity index (χ3v) is 3.70. The van der Waals surface area contributed by atoms with E-state index in [0.29, 0.717) is 0 Å². The summed E-state index contributed by atoms with van der Waals surface area (Å²) in [5.41, 5.74) is 4.98. The Balaban J connectivity index is 2.42. The first kappa shape index (κ1) is 12.5. The number of likely N-dealkylation sites (N-methyl/N-ethyl adjacent to an activating group) is 1. The fourth-order valence-electron chi connectivity index (χ4n) is 2.28. The highest BCUT2D eigenvalue weighted by Crippen LogP contribution is 2.29. The number of aromatic amines is 1. The van der Waals surface area contributed by atoms with Gasteiger partial charge >= 0.3 is 0 Å². The minimum absolute atomic E-state index is 0.831. The van der Waals surface area contributed by atoms with E-state index in [-0.39, 0.29) is 0 Å². The molecule has 1 heterocycles. The minimum Gasteiger partial charge on any atom is -0.358 e. The van der Waals surface area contributed by atoms with E-state index in [9.17, 15) is 0 Å². The van der Waals surface area contributed by atoms with Crippen molar-refractivity contribution < 1.29 is 0 Å². The first-order valence-corrected chi connectivity index (χ1v) is 6.50. The zero-order chi connectivity index (χ0) is 12.4. The van der Waals surface area contributed by atoms with E-state index >= 15 is 0 Å². The van der Waals surface area contributed by atoms with Crippen LogP contribution in [0, 0.1) is 13.8 Å². The number of benzene rings is 1. The Morgan fingerprint density at radius 2 is 2.06 bits per heavy atom. The van der Waals surface area contributed by atoms with Crippen LogP contribution >= 0.6 is 11.6 Å². The highest BCUT2D eigenvalue weighted by Gasteiger charge is 2.11. The molecule has 0 fully saturated rings. The summed E-state index contributed by atoms with van der Waals surface area (Å²) in [5, 5.41) is 5.50. The molecular weight excluding hydrogens is 232 g/mol. The summed E-state index contributed by atoms with van der Waals surface area (Å²) in [6, 6.07) is 4.11. The van der Waals surface area contributed by atoms with Gasteiger partial charge in [-0.3, -0.25) is 0 Å². The van der Waals surface area contributed by atoms with Gasteiger partial charge in [0.05, 0.1) is 5.52 Å². The molecule has 0 aliphatic heterocycles. The molecule has 2 N–H and O–H groups in total. The quantitative estimate of drug-likeness (QED) is 0.798. The monoisotopic (exact) mass is 250 g/mol. The van der Waals surface area contributed by atoms with Crippen molar-refractivity contribution in [3.63, 3.8) is 0 Å². The maximum absolute atomic E-state index is 6.14. The average molecular weight is 251 g/mol. The molecule has 92 valence electrons. The van der Waals surface area contributed by atoms with Crippen molar-refractivity contribution in [3.8, 4) is 0 Å². The van der Waals surface area contributed by atoms with Crippen LogP contribution in [0.4, 0.5) is 0 Å². The molecule has 0 saturated heterocycles. The number of aromatic nitrogens is 1. The molecule has 0 aliphatic carbocycles. The lowest BCUT2D eigenvalue weighted by atomic mass is 10.1. The van der Waals surface area contributed by atoms with Gasteiger partial charge in [0, 0.05) is 16.1 Å². The lowest BCUT2D eigenvalue weighted by Gasteiger charge is -2.03. The fraction of sp³-hybridized carbons (Fsp3) is 0.429. The van der Waals surface area contributed by atoms with Crippen LogP contribution in [0.25, 0.3) is 10.9 Å². The Morgan fingerprint density at radius 3 is 2.76 bits per heavy atom. The Hall–Kier alpha value is -0.990. The molecule has 3 heteroatoms. The summed E-state index contributed by atoms with van der Waals surface area (Å²) in [4.78, 5) is 3.45. The summed E-state index contributed by atoms with van der Waals surface area (Å²) in [6.07, 6.45) is 1.06. The third-order valence-electron chi connectivity index (χ3n) is 3.29. The second kappa shape index (κ2) is 5.11. The lowest BCUT2D eigenvalue weighted by molar-refractivity contribution is 0.716. The lowest BCUT2D eigenvalue weighted by Crippen LogP contribution is -2.16. The second-order valence-electron chi connectivity index (χ2n) is 4.43. The van der Waals surface area contributed by atoms with Crippen molar-refractivity contribution in [1.29, 1.82) is 0 Å². The molecule has 2 rings (SSSR count). The molecule has 0 unspecified atom stereocenters. The standard InChI is InChI=1S/C14H19ClN2/c1-4-16-8-7-11-10(3)17-14-9(2)13(15)6-5-12(11)14/h5-6,16-17H,4,7-8H2,1-3H3. The van der Waals surface area contributed by atoms with Crippen LogP contribution < -0.4 is 5.32 Å². The van der Waals surface area contributed by atoms with Gasteiger partial charge in [0.25, 0.3) is 0 Å². The second-order valence-corrected chi connectivity index (χ2v) is 4.83. The summed E-state index contributed by atoms with van der Waals surface area (Å²) in [5.74, 6) is 0. The van der Waals surface area contributed by atoms with E-state index in [4.69, 9.17) is 11.6 Å². The van der Waals surface area contributed by atoms with Crippen LogP contribution in [0.3, 0.4) is 0 Å². The molecule has 0 radical (unpaired) electrons. The molecule has 0 bridgehead atoms. The van der Waals surface area contributed by atoms with Gasteiger partial charge in [-0.2, -0.15) is 0 Å². The van der Waals surface area contributed by atoms with Gasteiger partial charge in [0.2, 0.25) is 0 Å². The molecule has 1 aromatic carbocycles. The zero-order valence-corrected chi connectivity index (χ0v) is 11.4. The normalized spacial score (nSPS) is 11.3. The fourth-order valence-corrected chi connectivity index (χ4v) is 2.43. The number of halogens is 1. The van der Waals surface area contributed by atoms with Crippen molar-refractivity contribution in [2.45, 2.75) is 27.2 Å². The van der Waals surface area contributed by atoms with Crippen LogP contribution in [0.5, 0.6) is 0 Å².